The Morgan fingerprint density at radius 2 is 2.19 bits per heavy atom. The zero-order valence-electron chi connectivity index (χ0n) is 8.72. The Labute approximate surface area is 94.3 Å². The molecular weight excluding hydrogens is 238 g/mol. The van der Waals surface area contributed by atoms with Crippen molar-refractivity contribution >= 4 is 15.7 Å². The van der Waals surface area contributed by atoms with Crippen LogP contribution in [0, 0.1) is 0 Å². The third kappa shape index (κ3) is 3.27. The Bertz CT molecular complexity index is 275. The van der Waals surface area contributed by atoms with Crippen molar-refractivity contribution in [3.63, 3.8) is 0 Å². The van der Waals surface area contributed by atoms with Crippen LogP contribution < -0.4 is 0 Å². The molecule has 9 heteroatoms. The van der Waals surface area contributed by atoms with Crippen LogP contribution in [0.25, 0.3) is 0 Å². The molecule has 1 aliphatic heterocycles. The highest BCUT2D eigenvalue weighted by atomic mass is 31.2. The zero-order valence-corrected chi connectivity index (χ0v) is 9.62. The Balaban J connectivity index is 2.67. The van der Waals surface area contributed by atoms with E-state index in [0.717, 1.165) is 0 Å². The van der Waals surface area contributed by atoms with Crippen molar-refractivity contribution in [2.24, 2.45) is 0 Å². The summed E-state index contributed by atoms with van der Waals surface area (Å²) in [6.45, 7) is 1.01. The quantitative estimate of drug-likeness (QED) is 0.415. The van der Waals surface area contributed by atoms with E-state index in [9.17, 15) is 14.6 Å². The Morgan fingerprint density at radius 3 is 2.69 bits per heavy atom. The molecule has 0 saturated carbocycles. The molecule has 1 heterocycles. The molecule has 0 aromatic rings. The molecule has 16 heavy (non-hydrogen) atoms. The highest BCUT2D eigenvalue weighted by Crippen LogP contribution is 2.46. The lowest BCUT2D eigenvalue weighted by Gasteiger charge is -2.21. The number of aliphatic hydroxyl groups excluding tert-OH is 2. The highest BCUT2D eigenvalue weighted by molar-refractivity contribution is 7.47. The largest absolute Gasteiger partial charge is 0.472 e. The van der Waals surface area contributed by atoms with Crippen LogP contribution in [0.1, 0.15) is 6.92 Å². The molecule has 3 N–H and O–H groups in total. The lowest BCUT2D eigenvalue weighted by Crippen LogP contribution is -2.36. The van der Waals surface area contributed by atoms with Gasteiger partial charge in [-0.25, -0.2) is 4.57 Å². The van der Waals surface area contributed by atoms with Crippen LogP contribution >= 0.6 is 7.82 Å². The third-order valence-corrected chi connectivity index (χ3v) is 3.19. The van der Waals surface area contributed by atoms with Gasteiger partial charge in [0.1, 0.15) is 26.2 Å². The maximum atomic E-state index is 11.3. The molecule has 2 radical (unpaired) electrons. The first-order valence-corrected chi connectivity index (χ1v) is 6.26. The predicted octanol–water partition coefficient (Wildman–Crippen LogP) is -1.24. The van der Waals surface area contributed by atoms with Crippen LogP contribution in [0.4, 0.5) is 0 Å². The van der Waals surface area contributed by atoms with E-state index >= 15 is 0 Å². The summed E-state index contributed by atoms with van der Waals surface area (Å²) in [5, 5.41) is 18.4. The summed E-state index contributed by atoms with van der Waals surface area (Å²) in [7, 11) is 1.09. The summed E-state index contributed by atoms with van der Waals surface area (Å²) in [6, 6.07) is -1.07. The molecule has 0 aromatic carbocycles. The van der Waals surface area contributed by atoms with Crippen molar-refractivity contribution in [3.05, 3.63) is 0 Å². The van der Waals surface area contributed by atoms with E-state index in [-0.39, 0.29) is 6.61 Å². The average Bonchev–Trinajstić information content (AvgIpc) is 2.45. The van der Waals surface area contributed by atoms with Crippen molar-refractivity contribution in [1.82, 2.24) is 0 Å². The minimum absolute atomic E-state index is 0.0205. The molecule has 1 aliphatic rings. The monoisotopic (exact) mass is 252 g/mol. The van der Waals surface area contributed by atoms with Gasteiger partial charge in [0.05, 0.1) is 13.2 Å². The van der Waals surface area contributed by atoms with Crippen LogP contribution in [0.15, 0.2) is 0 Å². The fourth-order valence-electron chi connectivity index (χ4n) is 1.39. The number of ether oxygens (including phenoxy) is 1. The molecule has 0 bridgehead atoms. The molecule has 0 aliphatic carbocycles. The third-order valence-electron chi connectivity index (χ3n) is 2.10. The number of phosphoric acid groups is 1. The Morgan fingerprint density at radius 1 is 1.56 bits per heavy atom. The van der Waals surface area contributed by atoms with E-state index in [1.54, 1.807) is 0 Å². The van der Waals surface area contributed by atoms with Crippen LogP contribution in [0.3, 0.4) is 0 Å². The summed E-state index contributed by atoms with van der Waals surface area (Å²) in [4.78, 5) is 9.21. The van der Waals surface area contributed by atoms with E-state index in [2.05, 4.69) is 4.52 Å². The zero-order chi connectivity index (χ0) is 12.3. The van der Waals surface area contributed by atoms with Crippen molar-refractivity contribution in [2.75, 3.05) is 13.2 Å². The van der Waals surface area contributed by atoms with Gasteiger partial charge in [0.15, 0.2) is 0 Å². The molecule has 1 saturated heterocycles. The van der Waals surface area contributed by atoms with Crippen molar-refractivity contribution in [1.29, 1.82) is 0 Å². The van der Waals surface area contributed by atoms with Gasteiger partial charge in [-0.1, -0.05) is 0 Å². The Kier molecular flexibility index (Phi) is 4.94. The molecule has 0 amide bonds. The molecular formula is C7H14BO7P. The molecule has 92 valence electrons. The second kappa shape index (κ2) is 5.60. The predicted molar refractivity (Wildman–Crippen MR) is 53.8 cm³/mol. The molecule has 5 atom stereocenters. The van der Waals surface area contributed by atoms with Crippen molar-refractivity contribution < 1.29 is 33.5 Å². The lowest BCUT2D eigenvalue weighted by molar-refractivity contribution is -0.0126. The van der Waals surface area contributed by atoms with Gasteiger partial charge in [0, 0.05) is 6.00 Å². The van der Waals surface area contributed by atoms with E-state index in [1.807, 2.05) is 0 Å². The molecule has 0 aromatic heterocycles. The SMILES string of the molecule is [B][C@@H]1O[C@H](CO)C(OP(=O)(O)OCC)C1O. The van der Waals surface area contributed by atoms with Gasteiger partial charge in [-0.15, -0.1) is 0 Å². The number of hydrogen-bond acceptors (Lipinski definition) is 6. The Hall–Kier alpha value is 0.0549. The summed E-state index contributed by atoms with van der Waals surface area (Å²) >= 11 is 0. The van der Waals surface area contributed by atoms with Gasteiger partial charge in [0.2, 0.25) is 0 Å². The maximum absolute atomic E-state index is 11.3. The van der Waals surface area contributed by atoms with E-state index in [0.29, 0.717) is 0 Å². The minimum atomic E-state index is -4.26. The van der Waals surface area contributed by atoms with Crippen LogP contribution in [0.5, 0.6) is 0 Å². The van der Waals surface area contributed by atoms with E-state index < -0.39 is 38.7 Å². The van der Waals surface area contributed by atoms with Gasteiger partial charge in [-0.2, -0.15) is 0 Å². The second-order valence-electron chi connectivity index (χ2n) is 3.27. The average molecular weight is 252 g/mol. The van der Waals surface area contributed by atoms with Crippen LogP contribution in [-0.4, -0.2) is 60.5 Å². The minimum Gasteiger partial charge on any atom is -0.394 e. The smallest absolute Gasteiger partial charge is 0.394 e. The first kappa shape index (κ1) is 14.1. The molecule has 1 fully saturated rings. The van der Waals surface area contributed by atoms with Gasteiger partial charge in [-0.3, -0.25) is 9.05 Å². The van der Waals surface area contributed by atoms with E-state index in [1.165, 1.54) is 6.92 Å². The fourth-order valence-corrected chi connectivity index (χ4v) is 2.35. The number of phosphoric ester groups is 1. The number of rotatable bonds is 5. The molecule has 0 spiro atoms. The van der Waals surface area contributed by atoms with E-state index in [4.69, 9.17) is 22.2 Å². The van der Waals surface area contributed by atoms with Crippen LogP contribution in [-0.2, 0) is 18.3 Å². The lowest BCUT2D eigenvalue weighted by atomic mass is 9.93. The van der Waals surface area contributed by atoms with Gasteiger partial charge in [-0.05, 0) is 6.92 Å². The first-order valence-electron chi connectivity index (χ1n) is 4.77. The molecule has 1 rings (SSSR count). The summed E-state index contributed by atoms with van der Waals surface area (Å²) < 4.78 is 25.4. The van der Waals surface area contributed by atoms with Gasteiger partial charge >= 0.3 is 7.82 Å². The number of aliphatic hydroxyl groups is 2. The summed E-state index contributed by atoms with van der Waals surface area (Å²) in [6.07, 6.45) is -3.44. The topological polar surface area (TPSA) is 105 Å². The fraction of sp³-hybridized carbons (Fsp3) is 1.00. The number of hydrogen-bond donors (Lipinski definition) is 3. The molecule has 3 unspecified atom stereocenters. The van der Waals surface area contributed by atoms with Gasteiger partial charge < -0.3 is 19.8 Å². The van der Waals surface area contributed by atoms with Crippen molar-refractivity contribution in [3.8, 4) is 0 Å². The first-order chi connectivity index (χ1) is 7.41. The van der Waals surface area contributed by atoms with Crippen LogP contribution in [0.2, 0.25) is 0 Å². The maximum Gasteiger partial charge on any atom is 0.472 e. The molecule has 7 nitrogen and oxygen atoms in total. The van der Waals surface area contributed by atoms with Crippen molar-refractivity contribution in [2.45, 2.75) is 31.2 Å². The summed E-state index contributed by atoms with van der Waals surface area (Å²) in [5.41, 5.74) is 0. The van der Waals surface area contributed by atoms with Gasteiger partial charge in [0.25, 0.3) is 0 Å². The standard InChI is InChI=1S/C7H14BO7P/c1-2-13-16(11,12)15-6-4(3-9)14-7(8)5(6)10/h4-7,9-10H,2-3H2,1H3,(H,11,12)/t4-,5?,6?,7-/m1/s1. The normalized spacial score (nSPS) is 38.5. The second-order valence-corrected chi connectivity index (χ2v) is 4.67. The summed E-state index contributed by atoms with van der Waals surface area (Å²) in [5.74, 6) is 0. The highest BCUT2D eigenvalue weighted by Gasteiger charge is 2.45.